The molecule has 3 aromatic rings. The Kier molecular flexibility index (Phi) is 5.58. The van der Waals surface area contributed by atoms with E-state index in [1.165, 1.54) is 0 Å². The first-order chi connectivity index (χ1) is 16.7. The Morgan fingerprint density at radius 3 is 2.06 bits per heavy atom. The number of amides is 3. The topological polar surface area (TPSA) is 105 Å². The van der Waals surface area contributed by atoms with Gasteiger partial charge in [0.1, 0.15) is 17.7 Å². The minimum atomic E-state index is -0.868. The second-order valence-corrected chi connectivity index (χ2v) is 8.98. The van der Waals surface area contributed by atoms with Crippen molar-refractivity contribution in [3.05, 3.63) is 64.7 Å². The van der Waals surface area contributed by atoms with Crippen molar-refractivity contribution in [1.29, 1.82) is 0 Å². The van der Waals surface area contributed by atoms with Crippen molar-refractivity contribution in [2.75, 3.05) is 31.1 Å². The van der Waals surface area contributed by atoms with Crippen molar-refractivity contribution in [2.24, 2.45) is 0 Å². The number of hydrogen-bond acceptors (Lipinski definition) is 7. The van der Waals surface area contributed by atoms with Crippen LogP contribution in [0.4, 0.5) is 5.82 Å². The molecule has 1 saturated heterocycles. The van der Waals surface area contributed by atoms with Gasteiger partial charge in [0.15, 0.2) is 5.82 Å². The van der Waals surface area contributed by atoms with Gasteiger partial charge in [-0.25, -0.2) is 14.6 Å². The fraction of sp³-hybridized carbons (Fsp3) is 0.360. The molecule has 0 saturated carbocycles. The second kappa shape index (κ2) is 8.61. The number of nitrogens with zero attached hydrogens (tertiary/aromatic N) is 7. The van der Waals surface area contributed by atoms with E-state index >= 15 is 0 Å². The van der Waals surface area contributed by atoms with Gasteiger partial charge < -0.3 is 9.80 Å². The van der Waals surface area contributed by atoms with Crippen molar-refractivity contribution in [1.82, 2.24) is 29.5 Å². The van der Waals surface area contributed by atoms with Gasteiger partial charge in [0, 0.05) is 37.9 Å². The highest BCUT2D eigenvalue weighted by Gasteiger charge is 2.42. The van der Waals surface area contributed by atoms with E-state index in [9.17, 15) is 14.4 Å². The Bertz CT molecular complexity index is 1310. The lowest BCUT2D eigenvalue weighted by Crippen LogP contribution is -2.55. The van der Waals surface area contributed by atoms with Gasteiger partial charge in [-0.1, -0.05) is 12.1 Å². The van der Waals surface area contributed by atoms with Crippen LogP contribution in [0.5, 0.6) is 0 Å². The van der Waals surface area contributed by atoms with Gasteiger partial charge in [-0.15, -0.1) is 0 Å². The first-order valence-electron chi connectivity index (χ1n) is 11.6. The largest absolute Gasteiger partial charge is 0.353 e. The zero-order valence-electron chi connectivity index (χ0n) is 20.2. The molecule has 5 rings (SSSR count). The monoisotopic (exact) mass is 473 g/mol. The molecule has 4 heterocycles. The maximum Gasteiger partial charge on any atom is 0.262 e. The molecule has 3 amide bonds. The predicted octanol–water partition coefficient (Wildman–Crippen LogP) is 1.92. The number of aromatic nitrogens is 4. The van der Waals surface area contributed by atoms with Crippen LogP contribution in [0.1, 0.15) is 44.9 Å². The minimum absolute atomic E-state index is 0.235. The third-order valence-electron chi connectivity index (χ3n) is 6.52. The summed E-state index contributed by atoms with van der Waals surface area (Å²) in [5.74, 6) is 1.05. The summed E-state index contributed by atoms with van der Waals surface area (Å²) in [5.41, 5.74) is 2.60. The number of imide groups is 1. The SMILES string of the molecule is Cc1cc(C)n(-c2cc(N3CCN(C(=O)C(C)N4C(=O)c5ccccc5C4=O)CC3)nc(C)n2)n1. The molecule has 1 aromatic carbocycles. The van der Waals surface area contributed by atoms with E-state index in [4.69, 9.17) is 0 Å². The smallest absolute Gasteiger partial charge is 0.262 e. The fourth-order valence-corrected chi connectivity index (χ4v) is 4.76. The highest BCUT2D eigenvalue weighted by Crippen LogP contribution is 2.26. The summed E-state index contributed by atoms with van der Waals surface area (Å²) >= 11 is 0. The molecule has 2 aliphatic rings. The van der Waals surface area contributed by atoms with Crippen LogP contribution in [0.25, 0.3) is 5.82 Å². The number of anilines is 1. The first kappa shape index (κ1) is 22.7. The van der Waals surface area contributed by atoms with E-state index in [-0.39, 0.29) is 5.91 Å². The van der Waals surface area contributed by atoms with Gasteiger partial charge in [0.2, 0.25) is 5.91 Å². The molecular weight excluding hydrogens is 446 g/mol. The normalized spacial score (nSPS) is 16.6. The van der Waals surface area contributed by atoms with Crippen LogP contribution in [0.2, 0.25) is 0 Å². The first-order valence-corrected chi connectivity index (χ1v) is 11.6. The standard InChI is InChI=1S/C25H27N7O3/c1-15-13-16(2)32(28-15)22-14-21(26-18(4)27-22)29-9-11-30(12-10-29)23(33)17(3)31-24(34)19-7-5-6-8-20(19)25(31)35/h5-8,13-14,17H,9-12H2,1-4H3. The maximum absolute atomic E-state index is 13.2. The van der Waals surface area contributed by atoms with Gasteiger partial charge >= 0.3 is 0 Å². The lowest BCUT2D eigenvalue weighted by atomic mass is 10.1. The van der Waals surface area contributed by atoms with Crippen LogP contribution in [-0.4, -0.2) is 79.5 Å². The van der Waals surface area contributed by atoms with Crippen molar-refractivity contribution in [2.45, 2.75) is 33.7 Å². The highest BCUT2D eigenvalue weighted by atomic mass is 16.2. The summed E-state index contributed by atoms with van der Waals surface area (Å²) in [4.78, 5) is 52.8. The number of fused-ring (bicyclic) bond motifs is 1. The van der Waals surface area contributed by atoms with E-state index in [1.54, 1.807) is 40.8 Å². The number of carbonyl (C=O) groups excluding carboxylic acids is 3. The minimum Gasteiger partial charge on any atom is -0.353 e. The molecule has 35 heavy (non-hydrogen) atoms. The summed E-state index contributed by atoms with van der Waals surface area (Å²) < 4.78 is 1.80. The van der Waals surface area contributed by atoms with E-state index in [1.807, 2.05) is 32.9 Å². The lowest BCUT2D eigenvalue weighted by Gasteiger charge is -2.37. The zero-order chi connectivity index (χ0) is 24.9. The van der Waals surface area contributed by atoms with Crippen molar-refractivity contribution in [3.63, 3.8) is 0 Å². The number of hydrogen-bond donors (Lipinski definition) is 0. The van der Waals surface area contributed by atoms with Crippen LogP contribution in [0.3, 0.4) is 0 Å². The van der Waals surface area contributed by atoms with Crippen LogP contribution in [0, 0.1) is 20.8 Å². The molecule has 0 radical (unpaired) electrons. The summed E-state index contributed by atoms with van der Waals surface area (Å²) in [7, 11) is 0. The van der Waals surface area contributed by atoms with Gasteiger partial charge in [-0.05, 0) is 45.9 Å². The Hall–Kier alpha value is -4.08. The quantitative estimate of drug-likeness (QED) is 0.533. The van der Waals surface area contributed by atoms with Crippen molar-refractivity contribution < 1.29 is 14.4 Å². The summed E-state index contributed by atoms with van der Waals surface area (Å²) in [5, 5.41) is 4.52. The molecule has 2 aromatic heterocycles. The van der Waals surface area contributed by atoms with Gasteiger partial charge in [0.05, 0.1) is 16.8 Å². The summed E-state index contributed by atoms with van der Waals surface area (Å²) in [6.45, 7) is 9.47. The zero-order valence-corrected chi connectivity index (χ0v) is 20.2. The average Bonchev–Trinajstić information content (AvgIpc) is 3.33. The molecular formula is C25H27N7O3. The molecule has 2 aliphatic heterocycles. The van der Waals surface area contributed by atoms with Crippen molar-refractivity contribution >= 4 is 23.5 Å². The molecule has 180 valence electrons. The molecule has 1 atom stereocenters. The second-order valence-electron chi connectivity index (χ2n) is 8.98. The molecule has 0 aliphatic carbocycles. The summed E-state index contributed by atoms with van der Waals surface area (Å²) in [6, 6.07) is 9.71. The summed E-state index contributed by atoms with van der Waals surface area (Å²) in [6.07, 6.45) is 0. The fourth-order valence-electron chi connectivity index (χ4n) is 4.76. The molecule has 10 nitrogen and oxygen atoms in total. The van der Waals surface area contributed by atoms with E-state index in [0.717, 1.165) is 22.1 Å². The molecule has 0 bridgehead atoms. The van der Waals surface area contributed by atoms with Gasteiger partial charge in [0.25, 0.3) is 11.8 Å². The Labute approximate surface area is 203 Å². The van der Waals surface area contributed by atoms with Gasteiger partial charge in [-0.3, -0.25) is 19.3 Å². The Morgan fingerprint density at radius 2 is 1.49 bits per heavy atom. The maximum atomic E-state index is 13.2. The molecule has 0 N–H and O–H groups in total. The molecule has 0 spiro atoms. The lowest BCUT2D eigenvalue weighted by molar-refractivity contribution is -0.135. The van der Waals surface area contributed by atoms with E-state index < -0.39 is 17.9 Å². The predicted molar refractivity (Wildman–Crippen MR) is 129 cm³/mol. The van der Waals surface area contributed by atoms with Crippen LogP contribution < -0.4 is 4.90 Å². The van der Waals surface area contributed by atoms with Crippen LogP contribution in [-0.2, 0) is 4.79 Å². The molecule has 1 fully saturated rings. The highest BCUT2D eigenvalue weighted by molar-refractivity contribution is 6.22. The van der Waals surface area contributed by atoms with E-state index in [0.29, 0.717) is 48.9 Å². The number of piperazine rings is 1. The Morgan fingerprint density at radius 1 is 0.886 bits per heavy atom. The molecule has 10 heteroatoms. The third kappa shape index (κ3) is 3.94. The number of aryl methyl sites for hydroxylation is 3. The van der Waals surface area contributed by atoms with Crippen molar-refractivity contribution in [3.8, 4) is 5.82 Å². The number of benzene rings is 1. The third-order valence-corrected chi connectivity index (χ3v) is 6.52. The van der Waals surface area contributed by atoms with Crippen LogP contribution >= 0.6 is 0 Å². The number of rotatable bonds is 4. The van der Waals surface area contributed by atoms with E-state index in [2.05, 4.69) is 20.0 Å². The molecule has 1 unspecified atom stereocenters. The van der Waals surface area contributed by atoms with Gasteiger partial charge in [-0.2, -0.15) is 5.10 Å². The Balaban J connectivity index is 1.28. The van der Waals surface area contributed by atoms with Crippen LogP contribution in [0.15, 0.2) is 36.4 Å². The average molecular weight is 474 g/mol. The number of carbonyl (C=O) groups is 3.